The van der Waals surface area contributed by atoms with Gasteiger partial charge in [0.2, 0.25) is 11.8 Å². The Morgan fingerprint density at radius 2 is 0.780 bits per heavy atom. The zero-order valence-electron chi connectivity index (χ0n) is 33.4. The summed E-state index contributed by atoms with van der Waals surface area (Å²) in [5, 5.41) is 10.0. The molecule has 0 aliphatic heterocycles. The van der Waals surface area contributed by atoms with Crippen molar-refractivity contribution in [3.63, 3.8) is 0 Å². The van der Waals surface area contributed by atoms with Crippen LogP contribution in [0.25, 0.3) is 0 Å². The number of guanidine groups is 1. The first-order chi connectivity index (χ1) is 24.1. The third-order valence-corrected chi connectivity index (χ3v) is 9.91. The van der Waals surface area contributed by atoms with Crippen LogP contribution in [0.4, 0.5) is 0 Å². The second-order valence-electron chi connectivity index (χ2n) is 15.8. The molecule has 5 N–H and O–H groups in total. The fraction of sp³-hybridized carbons (Fsp3) is 0.905. The zero-order valence-corrected chi connectivity index (χ0v) is 33.4. The van der Waals surface area contributed by atoms with Gasteiger partial charge in [0.15, 0.2) is 5.96 Å². The average Bonchev–Trinajstić information content (AvgIpc) is 3.05. The van der Waals surface area contributed by atoms with E-state index in [4.69, 9.17) is 11.5 Å². The van der Waals surface area contributed by atoms with Crippen LogP contribution in [0.3, 0.4) is 0 Å². The number of carboxylic acids is 1. The molecule has 0 unspecified atom stereocenters. The van der Waals surface area contributed by atoms with Crippen LogP contribution in [0, 0.1) is 11.8 Å². The Labute approximate surface area is 308 Å². The van der Waals surface area contributed by atoms with Gasteiger partial charge in [0.05, 0.1) is 0 Å². The second kappa shape index (κ2) is 34.0. The minimum absolute atomic E-state index is 0.0547. The van der Waals surface area contributed by atoms with E-state index in [9.17, 15) is 19.5 Å². The molecule has 8 heteroatoms. The Morgan fingerprint density at radius 3 is 1.06 bits per heavy atom. The van der Waals surface area contributed by atoms with Gasteiger partial charge in [0.1, 0.15) is 6.04 Å². The lowest BCUT2D eigenvalue weighted by Crippen LogP contribution is -2.48. The summed E-state index contributed by atoms with van der Waals surface area (Å²) >= 11 is 0. The standard InChI is InChI=1S/C42H82N4O4/c1-36(2)30-25-21-17-13-9-5-7-11-15-19-23-27-33-39(47)46(38(41(49)50)32-29-35-45-42(43)44)40(48)34-28-24-20-16-12-8-6-10-14-18-22-26-31-37(3)4/h36-38H,5-35H2,1-4H3,(H,49,50)(H4,43,44,45)/t38-/m0/s1. The van der Waals surface area contributed by atoms with Crippen LogP contribution < -0.4 is 11.5 Å². The predicted molar refractivity (Wildman–Crippen MR) is 212 cm³/mol. The van der Waals surface area contributed by atoms with Crippen molar-refractivity contribution < 1.29 is 19.5 Å². The van der Waals surface area contributed by atoms with Gasteiger partial charge in [0.25, 0.3) is 0 Å². The first kappa shape index (κ1) is 47.9. The Hall–Kier alpha value is -2.12. The summed E-state index contributed by atoms with van der Waals surface area (Å²) in [5.41, 5.74) is 10.8. The molecule has 0 saturated heterocycles. The van der Waals surface area contributed by atoms with E-state index in [0.29, 0.717) is 19.3 Å². The Morgan fingerprint density at radius 1 is 0.480 bits per heavy atom. The van der Waals surface area contributed by atoms with E-state index in [1.165, 1.54) is 116 Å². The number of nitrogens with two attached hydrogens (primary N) is 2. The first-order valence-electron chi connectivity index (χ1n) is 21.2. The summed E-state index contributed by atoms with van der Waals surface area (Å²) in [6, 6.07) is -1.19. The first-order valence-corrected chi connectivity index (χ1v) is 21.2. The van der Waals surface area contributed by atoms with Gasteiger partial charge in [-0.05, 0) is 37.5 Å². The quantitative estimate of drug-likeness (QED) is 0.0336. The van der Waals surface area contributed by atoms with E-state index in [2.05, 4.69) is 32.7 Å². The van der Waals surface area contributed by atoms with Crippen molar-refractivity contribution >= 4 is 23.7 Å². The van der Waals surface area contributed by atoms with E-state index in [1.54, 1.807) is 0 Å². The third-order valence-electron chi connectivity index (χ3n) is 9.91. The normalized spacial score (nSPS) is 12.0. The number of rotatable bonds is 36. The molecule has 1 atom stereocenters. The lowest BCUT2D eigenvalue weighted by atomic mass is 10.0. The number of carboxylic acid groups (broad SMARTS) is 1. The maximum Gasteiger partial charge on any atom is 0.326 e. The maximum absolute atomic E-state index is 13.3. The van der Waals surface area contributed by atoms with Crippen molar-refractivity contribution in [2.24, 2.45) is 28.3 Å². The van der Waals surface area contributed by atoms with Crippen molar-refractivity contribution in [2.45, 2.75) is 226 Å². The van der Waals surface area contributed by atoms with Crippen LogP contribution in [0.5, 0.6) is 0 Å². The molecule has 0 bridgehead atoms. The highest BCUT2D eigenvalue weighted by atomic mass is 16.4. The van der Waals surface area contributed by atoms with Crippen molar-refractivity contribution in [2.75, 3.05) is 6.54 Å². The maximum atomic E-state index is 13.3. The molecule has 0 aromatic heterocycles. The lowest BCUT2D eigenvalue weighted by Gasteiger charge is -2.27. The summed E-state index contributed by atoms with van der Waals surface area (Å²) in [7, 11) is 0. The van der Waals surface area contributed by atoms with E-state index in [1.807, 2.05) is 0 Å². The van der Waals surface area contributed by atoms with Crippen LogP contribution in [-0.2, 0) is 14.4 Å². The summed E-state index contributed by atoms with van der Waals surface area (Å²) in [4.78, 5) is 44.0. The van der Waals surface area contributed by atoms with Crippen LogP contribution in [0.1, 0.15) is 220 Å². The van der Waals surface area contributed by atoms with Gasteiger partial charge in [0, 0.05) is 19.4 Å². The highest BCUT2D eigenvalue weighted by Gasteiger charge is 2.33. The fourth-order valence-electron chi connectivity index (χ4n) is 6.78. The van der Waals surface area contributed by atoms with E-state index < -0.39 is 12.0 Å². The number of amides is 2. The highest BCUT2D eigenvalue weighted by molar-refractivity contribution is 5.99. The van der Waals surface area contributed by atoms with Gasteiger partial charge in [-0.1, -0.05) is 182 Å². The van der Waals surface area contributed by atoms with Crippen LogP contribution >= 0.6 is 0 Å². The molecule has 0 aromatic carbocycles. The number of aliphatic imine (C=N–C) groups is 1. The summed E-state index contributed by atoms with van der Waals surface area (Å²) < 4.78 is 0. The molecule has 294 valence electrons. The molecule has 0 heterocycles. The van der Waals surface area contributed by atoms with Crippen molar-refractivity contribution in [3.8, 4) is 0 Å². The number of hydrogen-bond donors (Lipinski definition) is 3. The molecule has 8 nitrogen and oxygen atoms in total. The largest absolute Gasteiger partial charge is 0.480 e. The number of imide groups is 1. The number of aliphatic carboxylic acids is 1. The van der Waals surface area contributed by atoms with Gasteiger partial charge < -0.3 is 16.6 Å². The SMILES string of the molecule is CC(C)CCCCCCCCCCCCCCC(=O)N(C(=O)CCCCCCCCCCCCCCC(C)C)[C@@H](CCCN=C(N)N)C(=O)O. The Balaban J connectivity index is 4.46. The summed E-state index contributed by atoms with van der Waals surface area (Å²) in [6.07, 6.45) is 32.4. The Bertz CT molecular complexity index is 809. The van der Waals surface area contributed by atoms with Gasteiger partial charge in [-0.3, -0.25) is 19.5 Å². The minimum Gasteiger partial charge on any atom is -0.480 e. The van der Waals surface area contributed by atoms with Crippen molar-refractivity contribution in [1.29, 1.82) is 0 Å². The van der Waals surface area contributed by atoms with Crippen LogP contribution in [0.15, 0.2) is 4.99 Å². The van der Waals surface area contributed by atoms with E-state index >= 15 is 0 Å². The van der Waals surface area contributed by atoms with Gasteiger partial charge in [-0.15, -0.1) is 0 Å². The molecule has 0 aromatic rings. The van der Waals surface area contributed by atoms with Crippen LogP contribution in [-0.4, -0.2) is 46.3 Å². The van der Waals surface area contributed by atoms with Gasteiger partial charge >= 0.3 is 5.97 Å². The predicted octanol–water partition coefficient (Wildman–Crippen LogP) is 11.1. The summed E-state index contributed by atoms with van der Waals surface area (Å²) in [6.45, 7) is 9.45. The molecule has 50 heavy (non-hydrogen) atoms. The lowest BCUT2D eigenvalue weighted by molar-refractivity contribution is -0.158. The molecular weight excluding hydrogens is 624 g/mol. The van der Waals surface area contributed by atoms with E-state index in [-0.39, 0.29) is 43.6 Å². The fourth-order valence-corrected chi connectivity index (χ4v) is 6.78. The molecule has 0 aliphatic carbocycles. The molecule has 0 saturated carbocycles. The third kappa shape index (κ3) is 30.7. The second-order valence-corrected chi connectivity index (χ2v) is 15.8. The summed E-state index contributed by atoms with van der Waals surface area (Å²) in [5.74, 6) is -0.298. The minimum atomic E-state index is -1.19. The van der Waals surface area contributed by atoms with E-state index in [0.717, 1.165) is 55.3 Å². The highest BCUT2D eigenvalue weighted by Crippen LogP contribution is 2.19. The molecule has 0 rings (SSSR count). The number of unbranched alkanes of at least 4 members (excludes halogenated alkanes) is 22. The smallest absolute Gasteiger partial charge is 0.326 e. The zero-order chi connectivity index (χ0) is 37.2. The molecule has 0 spiro atoms. The number of carbonyl (C=O) groups is 3. The molecule has 2 amide bonds. The topological polar surface area (TPSA) is 139 Å². The molecule has 0 radical (unpaired) electrons. The van der Waals surface area contributed by atoms with Gasteiger partial charge in [-0.25, -0.2) is 4.79 Å². The van der Waals surface area contributed by atoms with Crippen molar-refractivity contribution in [3.05, 3.63) is 0 Å². The number of hydrogen-bond acceptors (Lipinski definition) is 4. The molecule has 0 aliphatic rings. The van der Waals surface area contributed by atoms with Gasteiger partial charge in [-0.2, -0.15) is 0 Å². The monoisotopic (exact) mass is 707 g/mol. The molecule has 0 fully saturated rings. The molecular formula is C42H82N4O4. The number of carbonyl (C=O) groups excluding carboxylic acids is 2. The van der Waals surface area contributed by atoms with Crippen molar-refractivity contribution in [1.82, 2.24) is 4.90 Å². The number of nitrogens with zero attached hydrogens (tertiary/aromatic N) is 2. The Kier molecular flexibility index (Phi) is 32.6. The average molecular weight is 707 g/mol. The van der Waals surface area contributed by atoms with Crippen LogP contribution in [0.2, 0.25) is 0 Å².